The number of amides is 2. The smallest absolute Gasteiger partial charge is 0.255 e. The maximum atomic E-state index is 12.5. The minimum Gasteiger partial charge on any atom is -0.494 e. The number of para-hydroxylation sites is 3. The summed E-state index contributed by atoms with van der Waals surface area (Å²) in [6.45, 7) is 1.64. The number of benzene rings is 3. The fourth-order valence-corrected chi connectivity index (χ4v) is 3.66. The summed E-state index contributed by atoms with van der Waals surface area (Å²) in [5.74, 6) is 1.39. The van der Waals surface area contributed by atoms with Crippen molar-refractivity contribution >= 4 is 40.5 Å². The highest BCUT2D eigenvalue weighted by Crippen LogP contribution is 2.32. The quantitative estimate of drug-likeness (QED) is 0.154. The van der Waals surface area contributed by atoms with Gasteiger partial charge in [-0.2, -0.15) is 0 Å². The molecule has 0 radical (unpaired) electrons. The lowest BCUT2D eigenvalue weighted by Crippen LogP contribution is -2.23. The number of carbonyl (C=O) groups is 2. The van der Waals surface area contributed by atoms with Crippen LogP contribution in [-0.2, 0) is 9.53 Å². The molecule has 3 N–H and O–H groups in total. The maximum Gasteiger partial charge on any atom is 0.255 e. The molecule has 0 saturated carbocycles. The van der Waals surface area contributed by atoms with E-state index in [1.54, 1.807) is 61.7 Å². The Bertz CT molecular complexity index is 1340. The minimum atomic E-state index is -0.260. The zero-order valence-corrected chi connectivity index (χ0v) is 20.5. The van der Waals surface area contributed by atoms with E-state index in [1.807, 2.05) is 18.2 Å². The van der Waals surface area contributed by atoms with Gasteiger partial charge in [-0.05, 0) is 48.9 Å². The number of hydrogen-bond acceptors (Lipinski definition) is 7. The van der Waals surface area contributed by atoms with E-state index in [-0.39, 0.29) is 5.91 Å². The number of carbonyl (C=O) groups excluding carboxylic acids is 2. The van der Waals surface area contributed by atoms with Gasteiger partial charge in [0.05, 0.1) is 24.6 Å². The molecule has 0 unspecified atom stereocenters. The summed E-state index contributed by atoms with van der Waals surface area (Å²) in [7, 11) is 1.61. The molecule has 192 valence electrons. The largest absolute Gasteiger partial charge is 0.494 e. The van der Waals surface area contributed by atoms with Crippen LogP contribution >= 0.6 is 0 Å². The lowest BCUT2D eigenvalue weighted by molar-refractivity contribution is -0.107. The first-order chi connectivity index (χ1) is 18.1. The third kappa shape index (κ3) is 6.59. The Hall–Kier alpha value is -4.50. The van der Waals surface area contributed by atoms with Crippen LogP contribution in [0.3, 0.4) is 0 Å². The van der Waals surface area contributed by atoms with Gasteiger partial charge in [-0.25, -0.2) is 0 Å². The van der Waals surface area contributed by atoms with Crippen molar-refractivity contribution in [2.75, 3.05) is 49.4 Å². The molecular formula is C28H29N3O6. The number of fused-ring (bicyclic) bond motifs is 1. The molecule has 0 atom stereocenters. The van der Waals surface area contributed by atoms with E-state index < -0.39 is 0 Å². The fraction of sp³-hybridized carbons (Fsp3) is 0.214. The highest BCUT2D eigenvalue weighted by atomic mass is 16.5. The molecule has 3 aromatic carbocycles. The van der Waals surface area contributed by atoms with E-state index >= 15 is 0 Å². The number of rotatable bonds is 13. The summed E-state index contributed by atoms with van der Waals surface area (Å²) in [5, 5.41) is 3.63. The van der Waals surface area contributed by atoms with Gasteiger partial charge >= 0.3 is 0 Å². The van der Waals surface area contributed by atoms with Gasteiger partial charge in [0.1, 0.15) is 12.4 Å². The van der Waals surface area contributed by atoms with Crippen LogP contribution in [0, 0.1) is 0 Å². The second kappa shape index (κ2) is 12.5. The molecule has 2 amide bonds. The number of hydrogen-bond donors (Lipinski definition) is 2. The molecule has 9 nitrogen and oxygen atoms in total. The minimum absolute atomic E-state index is 0.260. The van der Waals surface area contributed by atoms with Gasteiger partial charge in [0.25, 0.3) is 5.91 Å². The summed E-state index contributed by atoms with van der Waals surface area (Å²) in [5.41, 5.74) is 8.00. The normalized spacial score (nSPS) is 10.7. The van der Waals surface area contributed by atoms with Crippen LogP contribution in [0.5, 0.6) is 11.5 Å². The molecule has 9 heteroatoms. The van der Waals surface area contributed by atoms with Crippen LogP contribution in [0.25, 0.3) is 11.0 Å². The van der Waals surface area contributed by atoms with Crippen molar-refractivity contribution in [1.29, 1.82) is 0 Å². The first-order valence-electron chi connectivity index (χ1n) is 11.8. The molecule has 0 bridgehead atoms. The van der Waals surface area contributed by atoms with Crippen LogP contribution in [-0.4, -0.2) is 45.8 Å². The molecule has 0 spiro atoms. The molecule has 1 aromatic heterocycles. The van der Waals surface area contributed by atoms with E-state index in [9.17, 15) is 9.59 Å². The molecule has 0 fully saturated rings. The summed E-state index contributed by atoms with van der Waals surface area (Å²) in [4.78, 5) is 25.7. The van der Waals surface area contributed by atoms with Gasteiger partial charge in [0, 0.05) is 30.7 Å². The number of nitrogens with one attached hydrogen (secondary N) is 1. The number of nitrogen functional groups attached to an aromatic ring is 1. The standard InChI is InChI=1S/C28H29N3O6/c1-34-16-17-36-25-9-4-6-21-18-26(37-27(21)25)31(19-32)14-5-15-35-22-12-10-20(11-13-22)28(33)30-24-8-3-2-7-23(24)29/h2-4,6-13,18-19H,5,14-17,29H2,1H3,(H,30,33). The number of nitrogens with two attached hydrogens (primary N) is 1. The van der Waals surface area contributed by atoms with Crippen LogP contribution < -0.4 is 25.4 Å². The van der Waals surface area contributed by atoms with E-state index in [0.29, 0.717) is 72.7 Å². The molecular weight excluding hydrogens is 474 g/mol. The molecule has 1 heterocycles. The number of methoxy groups -OCH3 is 1. The molecule has 4 aromatic rings. The maximum absolute atomic E-state index is 12.5. The molecule has 37 heavy (non-hydrogen) atoms. The first-order valence-corrected chi connectivity index (χ1v) is 11.8. The van der Waals surface area contributed by atoms with Crippen LogP contribution in [0.1, 0.15) is 16.8 Å². The fourth-order valence-electron chi connectivity index (χ4n) is 3.66. The molecule has 4 rings (SSSR count). The van der Waals surface area contributed by atoms with Crippen LogP contribution in [0.4, 0.5) is 17.3 Å². The molecule has 0 aliphatic heterocycles. The van der Waals surface area contributed by atoms with Gasteiger partial charge < -0.3 is 29.7 Å². The zero-order chi connectivity index (χ0) is 26.0. The number of nitrogens with zero attached hydrogens (tertiary/aromatic N) is 1. The van der Waals surface area contributed by atoms with Gasteiger partial charge in [0.2, 0.25) is 12.3 Å². The summed E-state index contributed by atoms with van der Waals surface area (Å²) in [6, 6.07) is 21.3. The lowest BCUT2D eigenvalue weighted by atomic mass is 10.2. The van der Waals surface area contributed by atoms with Crippen molar-refractivity contribution in [1.82, 2.24) is 0 Å². The van der Waals surface area contributed by atoms with E-state index in [1.165, 1.54) is 4.90 Å². The van der Waals surface area contributed by atoms with Crippen molar-refractivity contribution < 1.29 is 28.2 Å². The average molecular weight is 504 g/mol. The Morgan fingerprint density at radius 1 is 1.00 bits per heavy atom. The number of furan rings is 1. The van der Waals surface area contributed by atoms with Gasteiger partial charge in [-0.3, -0.25) is 14.5 Å². The highest BCUT2D eigenvalue weighted by molar-refractivity contribution is 6.05. The third-order valence-electron chi connectivity index (χ3n) is 5.59. The van der Waals surface area contributed by atoms with E-state index in [0.717, 1.165) is 11.8 Å². The van der Waals surface area contributed by atoms with Gasteiger partial charge in [-0.1, -0.05) is 24.3 Å². The van der Waals surface area contributed by atoms with Crippen molar-refractivity contribution in [3.05, 3.63) is 78.4 Å². The second-order valence-electron chi connectivity index (χ2n) is 8.17. The number of ether oxygens (including phenoxy) is 3. The summed E-state index contributed by atoms with van der Waals surface area (Å²) in [6.07, 6.45) is 1.30. The SMILES string of the molecule is COCCOc1cccc2cc(N(C=O)CCCOc3ccc(C(=O)Nc4ccccc4N)cc3)oc12. The van der Waals surface area contributed by atoms with E-state index in [4.69, 9.17) is 24.4 Å². The lowest BCUT2D eigenvalue weighted by Gasteiger charge is -2.14. The Labute approximate surface area is 214 Å². The Kier molecular flexibility index (Phi) is 8.62. The van der Waals surface area contributed by atoms with Gasteiger partial charge in [-0.15, -0.1) is 0 Å². The Morgan fingerprint density at radius 2 is 1.81 bits per heavy atom. The topological polar surface area (TPSA) is 116 Å². The van der Waals surface area contributed by atoms with Gasteiger partial charge in [0.15, 0.2) is 11.3 Å². The van der Waals surface area contributed by atoms with Crippen molar-refractivity contribution in [3.8, 4) is 11.5 Å². The number of anilines is 3. The first kappa shape index (κ1) is 25.6. The van der Waals surface area contributed by atoms with Crippen LogP contribution in [0.2, 0.25) is 0 Å². The molecule has 0 aliphatic rings. The summed E-state index contributed by atoms with van der Waals surface area (Å²) < 4.78 is 22.4. The average Bonchev–Trinajstić information content (AvgIpc) is 3.35. The predicted molar refractivity (Wildman–Crippen MR) is 142 cm³/mol. The van der Waals surface area contributed by atoms with Crippen molar-refractivity contribution in [3.63, 3.8) is 0 Å². The zero-order valence-electron chi connectivity index (χ0n) is 20.5. The molecule has 0 aliphatic carbocycles. The second-order valence-corrected chi connectivity index (χ2v) is 8.17. The Morgan fingerprint density at radius 3 is 2.57 bits per heavy atom. The highest BCUT2D eigenvalue weighted by Gasteiger charge is 2.15. The predicted octanol–water partition coefficient (Wildman–Crippen LogP) is 4.72. The van der Waals surface area contributed by atoms with Crippen molar-refractivity contribution in [2.45, 2.75) is 6.42 Å². The van der Waals surface area contributed by atoms with Crippen molar-refractivity contribution in [2.24, 2.45) is 0 Å². The van der Waals surface area contributed by atoms with Crippen LogP contribution in [0.15, 0.2) is 77.2 Å². The summed E-state index contributed by atoms with van der Waals surface area (Å²) >= 11 is 0. The van der Waals surface area contributed by atoms with E-state index in [2.05, 4.69) is 5.32 Å². The third-order valence-corrected chi connectivity index (χ3v) is 5.59. The monoisotopic (exact) mass is 503 g/mol. The Balaban J connectivity index is 1.28. The molecule has 0 saturated heterocycles.